The molecule has 1 heterocycles. The molecule has 0 saturated carbocycles. The van der Waals surface area contributed by atoms with Gasteiger partial charge < -0.3 is 9.73 Å². The fraction of sp³-hybridized carbons (Fsp3) is 0.389. The summed E-state index contributed by atoms with van der Waals surface area (Å²) >= 11 is 5.83. The van der Waals surface area contributed by atoms with Gasteiger partial charge in [0, 0.05) is 18.0 Å². The van der Waals surface area contributed by atoms with Crippen molar-refractivity contribution in [2.75, 3.05) is 6.54 Å². The van der Waals surface area contributed by atoms with E-state index in [-0.39, 0.29) is 28.5 Å². The van der Waals surface area contributed by atoms with E-state index in [9.17, 15) is 13.2 Å². The van der Waals surface area contributed by atoms with Crippen molar-refractivity contribution >= 4 is 27.3 Å². The summed E-state index contributed by atoms with van der Waals surface area (Å²) in [5.41, 5.74) is -0.181. The summed E-state index contributed by atoms with van der Waals surface area (Å²) in [5, 5.41) is 2.15. The van der Waals surface area contributed by atoms with Gasteiger partial charge in [-0.05, 0) is 41.8 Å². The standard InChI is InChI=1S/C18H22ClNO4S/c1-18(2,3)11-17(21)20-12-16(15-5-4-10-24-15)25(22,23)14-8-6-13(19)7-9-14/h4-10,16H,11-12H2,1-3H3,(H,20,21). The molecule has 0 aliphatic rings. The van der Waals surface area contributed by atoms with E-state index in [0.29, 0.717) is 11.4 Å². The number of sulfone groups is 1. The molecule has 0 aliphatic heterocycles. The van der Waals surface area contributed by atoms with Crippen molar-refractivity contribution in [1.82, 2.24) is 5.32 Å². The van der Waals surface area contributed by atoms with Crippen molar-refractivity contribution in [3.63, 3.8) is 0 Å². The third-order valence-corrected chi connectivity index (χ3v) is 5.88. The maximum Gasteiger partial charge on any atom is 0.220 e. The maximum atomic E-state index is 13.0. The number of halogens is 1. The summed E-state index contributed by atoms with van der Waals surface area (Å²) in [6.07, 6.45) is 1.72. The summed E-state index contributed by atoms with van der Waals surface area (Å²) in [6, 6.07) is 9.15. The third kappa shape index (κ3) is 5.34. The van der Waals surface area contributed by atoms with E-state index >= 15 is 0 Å². The molecule has 0 fully saturated rings. The highest BCUT2D eigenvalue weighted by Crippen LogP contribution is 2.29. The highest BCUT2D eigenvalue weighted by molar-refractivity contribution is 7.91. The summed E-state index contributed by atoms with van der Waals surface area (Å²) in [7, 11) is -3.75. The molecule has 7 heteroatoms. The van der Waals surface area contributed by atoms with E-state index in [4.69, 9.17) is 16.0 Å². The SMILES string of the molecule is CC(C)(C)CC(=O)NCC(c1ccco1)S(=O)(=O)c1ccc(Cl)cc1. The van der Waals surface area contributed by atoms with Crippen LogP contribution in [0.3, 0.4) is 0 Å². The number of hydrogen-bond acceptors (Lipinski definition) is 4. The second-order valence-electron chi connectivity index (χ2n) is 7.04. The monoisotopic (exact) mass is 383 g/mol. The first-order valence-electron chi connectivity index (χ1n) is 7.89. The van der Waals surface area contributed by atoms with E-state index < -0.39 is 15.1 Å². The number of amides is 1. The van der Waals surface area contributed by atoms with Gasteiger partial charge >= 0.3 is 0 Å². The lowest BCUT2D eigenvalue weighted by molar-refractivity contribution is -0.122. The first-order chi connectivity index (χ1) is 11.6. The molecule has 2 rings (SSSR count). The van der Waals surface area contributed by atoms with Gasteiger partial charge in [-0.1, -0.05) is 32.4 Å². The zero-order chi connectivity index (χ0) is 18.7. The van der Waals surface area contributed by atoms with Gasteiger partial charge in [-0.15, -0.1) is 0 Å². The molecule has 136 valence electrons. The largest absolute Gasteiger partial charge is 0.468 e. The lowest BCUT2D eigenvalue weighted by Gasteiger charge is -2.20. The lowest BCUT2D eigenvalue weighted by Crippen LogP contribution is -2.33. The molecule has 1 aromatic heterocycles. The Kier molecular flexibility index (Phi) is 5.95. The molecule has 1 atom stereocenters. The second-order valence-corrected chi connectivity index (χ2v) is 9.61. The van der Waals surface area contributed by atoms with E-state index in [1.54, 1.807) is 12.1 Å². The fourth-order valence-electron chi connectivity index (χ4n) is 2.38. The minimum atomic E-state index is -3.75. The average Bonchev–Trinajstić information content (AvgIpc) is 2.99. The summed E-state index contributed by atoms with van der Waals surface area (Å²) < 4.78 is 31.3. The van der Waals surface area contributed by atoms with Crippen molar-refractivity contribution < 1.29 is 17.6 Å². The van der Waals surface area contributed by atoms with Crippen LogP contribution >= 0.6 is 11.6 Å². The summed E-state index contributed by atoms with van der Waals surface area (Å²) in [4.78, 5) is 12.2. The van der Waals surface area contributed by atoms with E-state index in [1.807, 2.05) is 20.8 Å². The summed E-state index contributed by atoms with van der Waals surface area (Å²) in [5.74, 6) is 0.0846. The molecule has 0 spiro atoms. The van der Waals surface area contributed by atoms with Crippen LogP contribution in [0, 0.1) is 5.41 Å². The van der Waals surface area contributed by atoms with Crippen molar-refractivity contribution in [1.29, 1.82) is 0 Å². The smallest absolute Gasteiger partial charge is 0.220 e. The lowest BCUT2D eigenvalue weighted by atomic mass is 9.92. The van der Waals surface area contributed by atoms with Gasteiger partial charge in [-0.25, -0.2) is 8.42 Å². The van der Waals surface area contributed by atoms with Gasteiger partial charge in [0.2, 0.25) is 5.91 Å². The number of benzene rings is 1. The van der Waals surface area contributed by atoms with Gasteiger partial charge in [0.05, 0.1) is 11.2 Å². The van der Waals surface area contributed by atoms with E-state index in [1.165, 1.54) is 30.5 Å². The molecular formula is C18H22ClNO4S. The third-order valence-electron chi connectivity index (χ3n) is 3.55. The highest BCUT2D eigenvalue weighted by atomic mass is 35.5. The Labute approximate surface area is 153 Å². The van der Waals surface area contributed by atoms with E-state index in [2.05, 4.69) is 5.32 Å². The topological polar surface area (TPSA) is 76.4 Å². The van der Waals surface area contributed by atoms with E-state index in [0.717, 1.165) is 0 Å². The van der Waals surface area contributed by atoms with Gasteiger partial charge in [0.1, 0.15) is 11.0 Å². The van der Waals surface area contributed by atoms with Crippen LogP contribution < -0.4 is 5.32 Å². The van der Waals surface area contributed by atoms with Crippen molar-refractivity contribution in [3.05, 3.63) is 53.4 Å². The molecule has 5 nitrogen and oxygen atoms in total. The first kappa shape index (κ1) is 19.5. The Balaban J connectivity index is 2.25. The van der Waals surface area contributed by atoms with Crippen LogP contribution in [0.5, 0.6) is 0 Å². The predicted octanol–water partition coefficient (Wildman–Crippen LogP) is 4.00. The number of carbonyl (C=O) groups excluding carboxylic acids is 1. The normalized spacial score (nSPS) is 13.4. The zero-order valence-corrected chi connectivity index (χ0v) is 16.0. The molecule has 1 N–H and O–H groups in total. The minimum Gasteiger partial charge on any atom is -0.468 e. The van der Waals surface area contributed by atoms with Crippen molar-refractivity contribution in [2.24, 2.45) is 5.41 Å². The first-order valence-corrected chi connectivity index (χ1v) is 9.81. The van der Waals surface area contributed by atoms with Gasteiger partial charge in [0.15, 0.2) is 9.84 Å². The van der Waals surface area contributed by atoms with Crippen molar-refractivity contribution in [3.8, 4) is 0 Å². The molecule has 0 saturated heterocycles. The van der Waals surface area contributed by atoms with Crippen LogP contribution in [0.2, 0.25) is 5.02 Å². The Morgan fingerprint density at radius 2 is 1.84 bits per heavy atom. The van der Waals surface area contributed by atoms with Crippen LogP contribution in [-0.4, -0.2) is 20.9 Å². The van der Waals surface area contributed by atoms with Crippen LogP contribution in [0.25, 0.3) is 0 Å². The van der Waals surface area contributed by atoms with Gasteiger partial charge in [-0.3, -0.25) is 4.79 Å². The molecular weight excluding hydrogens is 362 g/mol. The van der Waals surface area contributed by atoms with Crippen LogP contribution in [-0.2, 0) is 14.6 Å². The summed E-state index contributed by atoms with van der Waals surface area (Å²) in [6.45, 7) is 5.77. The Morgan fingerprint density at radius 3 is 2.36 bits per heavy atom. The Morgan fingerprint density at radius 1 is 1.20 bits per heavy atom. The number of furan rings is 1. The number of carbonyl (C=O) groups is 1. The molecule has 0 bridgehead atoms. The predicted molar refractivity (Wildman–Crippen MR) is 97.2 cm³/mol. The number of nitrogens with one attached hydrogen (secondary N) is 1. The van der Waals surface area contributed by atoms with Gasteiger partial charge in [-0.2, -0.15) is 0 Å². The second kappa shape index (κ2) is 7.62. The molecule has 0 radical (unpaired) electrons. The number of hydrogen-bond donors (Lipinski definition) is 1. The Bertz CT molecular complexity index is 806. The molecule has 0 aliphatic carbocycles. The van der Waals surface area contributed by atoms with Crippen LogP contribution in [0.1, 0.15) is 38.2 Å². The quantitative estimate of drug-likeness (QED) is 0.817. The molecule has 25 heavy (non-hydrogen) atoms. The average molecular weight is 384 g/mol. The van der Waals surface area contributed by atoms with Crippen LogP contribution in [0.15, 0.2) is 52.0 Å². The highest BCUT2D eigenvalue weighted by Gasteiger charge is 2.32. The minimum absolute atomic E-state index is 0.0621. The molecule has 2 aromatic rings. The van der Waals surface area contributed by atoms with Crippen molar-refractivity contribution in [2.45, 2.75) is 37.3 Å². The van der Waals surface area contributed by atoms with Gasteiger partial charge in [0.25, 0.3) is 0 Å². The molecule has 1 aromatic carbocycles. The molecule has 1 amide bonds. The molecule has 1 unspecified atom stereocenters. The van der Waals surface area contributed by atoms with Crippen LogP contribution in [0.4, 0.5) is 0 Å². The fourth-order valence-corrected chi connectivity index (χ4v) is 4.09. The Hall–Kier alpha value is -1.79. The zero-order valence-electron chi connectivity index (χ0n) is 14.5. The maximum absolute atomic E-state index is 13.0. The number of rotatable bonds is 6.